The number of aliphatic imine (C=N–C) groups is 1. The van der Waals surface area contributed by atoms with Crippen LogP contribution in [0.2, 0.25) is 5.02 Å². The number of hydrogen-bond donors (Lipinski definition) is 1. The van der Waals surface area contributed by atoms with Crippen LogP contribution in [0.3, 0.4) is 0 Å². The summed E-state index contributed by atoms with van der Waals surface area (Å²) in [6, 6.07) is 9.52. The monoisotopic (exact) mass is 335 g/mol. The molecule has 21 heavy (non-hydrogen) atoms. The Labute approximate surface area is 138 Å². The fraction of sp³-hybridized carbons (Fsp3) is 0.267. The third-order valence-corrected chi connectivity index (χ3v) is 4.88. The molecule has 1 aromatic rings. The smallest absolute Gasteiger partial charge is 0.116 e. The molecule has 108 valence electrons. The molecular formula is C15H14ClN3S2. The lowest BCUT2D eigenvalue weighted by atomic mass is 9.90. The fourth-order valence-electron chi connectivity index (χ4n) is 2.09. The van der Waals surface area contributed by atoms with Gasteiger partial charge in [-0.2, -0.15) is 5.26 Å². The van der Waals surface area contributed by atoms with Crippen molar-refractivity contribution in [1.29, 1.82) is 10.7 Å². The predicted octanol–water partition coefficient (Wildman–Crippen LogP) is 4.71. The van der Waals surface area contributed by atoms with Crippen LogP contribution in [-0.4, -0.2) is 22.8 Å². The first-order valence-electron chi connectivity index (χ1n) is 6.36. The number of thioether (sulfide) groups is 2. The average Bonchev–Trinajstić information content (AvgIpc) is 2.48. The first kappa shape index (κ1) is 16.2. The Kier molecular flexibility index (Phi) is 5.51. The third-order valence-electron chi connectivity index (χ3n) is 3.03. The summed E-state index contributed by atoms with van der Waals surface area (Å²) in [5.74, 6) is 0.595. The first-order chi connectivity index (χ1) is 10.1. The van der Waals surface area contributed by atoms with Crippen LogP contribution in [0.25, 0.3) is 0 Å². The summed E-state index contributed by atoms with van der Waals surface area (Å²) in [4.78, 5) is 4.60. The minimum absolute atomic E-state index is 0.280. The van der Waals surface area contributed by atoms with Gasteiger partial charge in [-0.15, -0.1) is 23.5 Å². The Hall–Kier alpha value is -1.22. The number of nitriles is 1. The lowest BCUT2D eigenvalue weighted by molar-refractivity contribution is 1.15. The average molecular weight is 336 g/mol. The summed E-state index contributed by atoms with van der Waals surface area (Å²) in [5, 5.41) is 19.9. The SMILES string of the molecule is CCSC1=NC(SC)=C(C#N)C(=N)C1c1ccc(Cl)cc1. The van der Waals surface area contributed by atoms with Crippen LogP contribution in [0.4, 0.5) is 0 Å². The highest BCUT2D eigenvalue weighted by atomic mass is 35.5. The van der Waals surface area contributed by atoms with E-state index in [1.54, 1.807) is 23.9 Å². The summed E-state index contributed by atoms with van der Waals surface area (Å²) in [6.45, 7) is 2.05. The molecule has 1 aliphatic rings. The maximum absolute atomic E-state index is 9.33. The van der Waals surface area contributed by atoms with Gasteiger partial charge in [0.1, 0.15) is 16.7 Å². The molecule has 0 fully saturated rings. The number of benzene rings is 1. The van der Waals surface area contributed by atoms with E-state index in [0.29, 0.717) is 21.3 Å². The standard InChI is InChI=1S/C15H14ClN3S2/c1-3-21-15-12(9-4-6-10(16)7-5-9)13(18)11(8-17)14(19-15)20-2/h4-7,12,18H,3H2,1-2H3. The highest BCUT2D eigenvalue weighted by Crippen LogP contribution is 2.36. The highest BCUT2D eigenvalue weighted by Gasteiger charge is 2.31. The molecule has 1 heterocycles. The Morgan fingerprint density at radius 3 is 2.57 bits per heavy atom. The van der Waals surface area contributed by atoms with Crippen molar-refractivity contribution >= 4 is 45.9 Å². The van der Waals surface area contributed by atoms with Crippen LogP contribution in [0.5, 0.6) is 0 Å². The van der Waals surface area contributed by atoms with Gasteiger partial charge in [0, 0.05) is 5.02 Å². The second-order valence-electron chi connectivity index (χ2n) is 4.28. The number of rotatable bonds is 3. The van der Waals surface area contributed by atoms with Crippen LogP contribution in [0, 0.1) is 16.7 Å². The van der Waals surface area contributed by atoms with Crippen molar-refractivity contribution in [3.63, 3.8) is 0 Å². The second kappa shape index (κ2) is 7.17. The van der Waals surface area contributed by atoms with Gasteiger partial charge in [-0.05, 0) is 29.7 Å². The number of hydrogen-bond acceptors (Lipinski definition) is 5. The maximum atomic E-state index is 9.33. The number of halogens is 1. The normalized spacial score (nSPS) is 18.5. The zero-order valence-corrected chi connectivity index (χ0v) is 14.1. The van der Waals surface area contributed by atoms with Crippen molar-refractivity contribution in [1.82, 2.24) is 0 Å². The maximum Gasteiger partial charge on any atom is 0.116 e. The van der Waals surface area contributed by atoms with Gasteiger partial charge in [-0.25, -0.2) is 4.99 Å². The lowest BCUT2D eigenvalue weighted by Gasteiger charge is -2.24. The van der Waals surface area contributed by atoms with Gasteiger partial charge in [0.15, 0.2) is 0 Å². The van der Waals surface area contributed by atoms with Crippen molar-refractivity contribution in [2.24, 2.45) is 4.99 Å². The second-order valence-corrected chi connectivity index (χ2v) is 6.79. The molecule has 0 radical (unpaired) electrons. The van der Waals surface area contributed by atoms with Crippen molar-refractivity contribution in [2.45, 2.75) is 12.8 Å². The van der Waals surface area contributed by atoms with Crippen LogP contribution < -0.4 is 0 Å². The summed E-state index contributed by atoms with van der Waals surface area (Å²) in [7, 11) is 0. The minimum Gasteiger partial charge on any atom is -0.303 e. The van der Waals surface area contributed by atoms with E-state index < -0.39 is 0 Å². The van der Waals surface area contributed by atoms with E-state index in [0.717, 1.165) is 16.4 Å². The summed E-state index contributed by atoms with van der Waals surface area (Å²) < 4.78 is 0. The number of allylic oxidation sites excluding steroid dienone is 1. The lowest BCUT2D eigenvalue weighted by Crippen LogP contribution is -2.25. The molecule has 1 aliphatic heterocycles. The van der Waals surface area contributed by atoms with Crippen molar-refractivity contribution < 1.29 is 0 Å². The number of nitrogens with one attached hydrogen (secondary N) is 1. The van der Waals surface area contributed by atoms with E-state index in [1.807, 2.05) is 18.4 Å². The Bertz CT molecular complexity index is 656. The molecule has 0 saturated heterocycles. The first-order valence-corrected chi connectivity index (χ1v) is 8.95. The van der Waals surface area contributed by atoms with Gasteiger partial charge in [0.25, 0.3) is 0 Å². The molecule has 6 heteroatoms. The highest BCUT2D eigenvalue weighted by molar-refractivity contribution is 8.14. The quantitative estimate of drug-likeness (QED) is 0.870. The van der Waals surface area contributed by atoms with E-state index in [-0.39, 0.29) is 5.92 Å². The van der Waals surface area contributed by atoms with Gasteiger partial charge < -0.3 is 5.41 Å². The molecule has 0 bridgehead atoms. The van der Waals surface area contributed by atoms with E-state index in [1.165, 1.54) is 11.8 Å². The third kappa shape index (κ3) is 3.34. The molecule has 3 nitrogen and oxygen atoms in total. The van der Waals surface area contributed by atoms with Crippen LogP contribution in [0.15, 0.2) is 39.9 Å². The van der Waals surface area contributed by atoms with E-state index in [4.69, 9.17) is 17.0 Å². The van der Waals surface area contributed by atoms with Crippen LogP contribution >= 0.6 is 35.1 Å². The van der Waals surface area contributed by atoms with Crippen molar-refractivity contribution in [2.75, 3.05) is 12.0 Å². The molecule has 0 aliphatic carbocycles. The molecule has 0 saturated carbocycles. The molecule has 1 unspecified atom stereocenters. The number of nitrogens with zero attached hydrogens (tertiary/aromatic N) is 2. The molecule has 0 amide bonds. The Morgan fingerprint density at radius 2 is 2.05 bits per heavy atom. The molecule has 0 aromatic heterocycles. The van der Waals surface area contributed by atoms with Crippen LogP contribution in [-0.2, 0) is 0 Å². The topological polar surface area (TPSA) is 60.0 Å². The molecule has 1 aromatic carbocycles. The zero-order valence-electron chi connectivity index (χ0n) is 11.7. The summed E-state index contributed by atoms with van der Waals surface area (Å²) in [6.07, 6.45) is 1.88. The Morgan fingerprint density at radius 1 is 1.38 bits per heavy atom. The van der Waals surface area contributed by atoms with E-state index >= 15 is 0 Å². The largest absolute Gasteiger partial charge is 0.303 e. The van der Waals surface area contributed by atoms with E-state index in [9.17, 15) is 5.26 Å². The predicted molar refractivity (Wildman–Crippen MR) is 93.6 cm³/mol. The fourth-order valence-corrected chi connectivity index (χ4v) is 3.69. The molecule has 1 N–H and O–H groups in total. The van der Waals surface area contributed by atoms with E-state index in [2.05, 4.69) is 18.0 Å². The van der Waals surface area contributed by atoms with Crippen molar-refractivity contribution in [3.8, 4) is 6.07 Å². The zero-order chi connectivity index (χ0) is 15.4. The van der Waals surface area contributed by atoms with Gasteiger partial charge in [-0.3, -0.25) is 0 Å². The van der Waals surface area contributed by atoms with Gasteiger partial charge in [0.05, 0.1) is 16.7 Å². The molecular weight excluding hydrogens is 322 g/mol. The molecule has 1 atom stereocenters. The molecule has 0 spiro atoms. The van der Waals surface area contributed by atoms with Crippen LogP contribution in [0.1, 0.15) is 18.4 Å². The molecule has 2 rings (SSSR count). The van der Waals surface area contributed by atoms with Gasteiger partial charge in [-0.1, -0.05) is 30.7 Å². The summed E-state index contributed by atoms with van der Waals surface area (Å²) >= 11 is 8.95. The van der Waals surface area contributed by atoms with Gasteiger partial charge >= 0.3 is 0 Å². The minimum atomic E-state index is -0.280. The summed E-state index contributed by atoms with van der Waals surface area (Å²) in [5.41, 5.74) is 1.62. The Balaban J connectivity index is 2.52. The van der Waals surface area contributed by atoms with Crippen molar-refractivity contribution in [3.05, 3.63) is 45.5 Å². The van der Waals surface area contributed by atoms with Gasteiger partial charge in [0.2, 0.25) is 0 Å².